The molecule has 0 unspecified atom stereocenters. The maximum Gasteiger partial charge on any atom is 0.164 e. The Labute approximate surface area is 346 Å². The molecule has 1 aliphatic rings. The van der Waals surface area contributed by atoms with E-state index in [-0.39, 0.29) is 5.41 Å². The Morgan fingerprint density at radius 3 is 1.78 bits per heavy atom. The van der Waals surface area contributed by atoms with Crippen LogP contribution in [0, 0.1) is 0 Å². The van der Waals surface area contributed by atoms with Gasteiger partial charge in [-0.3, -0.25) is 0 Å². The van der Waals surface area contributed by atoms with Gasteiger partial charge in [-0.05, 0) is 69.8 Å². The van der Waals surface area contributed by atoms with Gasteiger partial charge in [0.1, 0.15) is 11.2 Å². The van der Waals surface area contributed by atoms with E-state index in [2.05, 4.69) is 159 Å². The Bertz CT molecular complexity index is 3520. The van der Waals surface area contributed by atoms with Gasteiger partial charge in [-0.2, -0.15) is 0 Å². The van der Waals surface area contributed by atoms with Crippen molar-refractivity contribution in [3.05, 3.63) is 193 Å². The number of rotatable bonds is 5. The van der Waals surface area contributed by atoms with E-state index in [0.717, 1.165) is 82.7 Å². The third-order valence-electron chi connectivity index (χ3n) is 12.3. The van der Waals surface area contributed by atoms with Crippen molar-refractivity contribution in [2.24, 2.45) is 0 Å². The minimum Gasteiger partial charge on any atom is -0.456 e. The summed E-state index contributed by atoms with van der Waals surface area (Å²) in [6.45, 7) is 4.60. The van der Waals surface area contributed by atoms with Gasteiger partial charge in [-0.25, -0.2) is 19.9 Å². The molecule has 11 aromatic rings. The number of furan rings is 1. The van der Waals surface area contributed by atoms with Crippen LogP contribution in [-0.2, 0) is 5.41 Å². The van der Waals surface area contributed by atoms with Gasteiger partial charge in [0.2, 0.25) is 0 Å². The van der Waals surface area contributed by atoms with Crippen molar-refractivity contribution < 1.29 is 4.42 Å². The molecule has 0 saturated heterocycles. The molecule has 0 amide bonds. The maximum absolute atomic E-state index is 6.38. The molecular weight excluding hydrogens is 733 g/mol. The predicted molar refractivity (Wildman–Crippen MR) is 245 cm³/mol. The van der Waals surface area contributed by atoms with Crippen LogP contribution in [0.25, 0.3) is 111 Å². The summed E-state index contributed by atoms with van der Waals surface area (Å²) in [5, 5.41) is 5.53. The van der Waals surface area contributed by atoms with Gasteiger partial charge in [0.15, 0.2) is 17.5 Å². The fourth-order valence-electron chi connectivity index (χ4n) is 9.35. The van der Waals surface area contributed by atoms with E-state index in [1.165, 1.54) is 22.3 Å². The number of pyridine rings is 1. The van der Waals surface area contributed by atoms with Gasteiger partial charge in [-0.15, -0.1) is 0 Å². The average Bonchev–Trinajstić information content (AvgIpc) is 3.80. The topological polar surface area (TPSA) is 64.7 Å². The number of hydrogen-bond donors (Lipinski definition) is 0. The summed E-state index contributed by atoms with van der Waals surface area (Å²) in [4.78, 5) is 20.8. The van der Waals surface area contributed by atoms with Crippen LogP contribution in [0.15, 0.2) is 186 Å². The van der Waals surface area contributed by atoms with Crippen molar-refractivity contribution in [3.63, 3.8) is 0 Å². The first-order valence-electron chi connectivity index (χ1n) is 20.4. The Balaban J connectivity index is 1.02. The van der Waals surface area contributed by atoms with E-state index in [4.69, 9.17) is 24.4 Å². The minimum absolute atomic E-state index is 0.0846. The van der Waals surface area contributed by atoms with Crippen molar-refractivity contribution >= 4 is 43.6 Å². The fourth-order valence-corrected chi connectivity index (χ4v) is 9.35. The number of para-hydroxylation sites is 1. The fraction of sp³-hybridized carbons (Fsp3) is 0.0545. The van der Waals surface area contributed by atoms with E-state index >= 15 is 0 Å². The highest BCUT2D eigenvalue weighted by molar-refractivity contribution is 6.28. The number of nitrogens with zero attached hydrogens (tertiary/aromatic N) is 4. The van der Waals surface area contributed by atoms with Crippen molar-refractivity contribution in [2.45, 2.75) is 19.3 Å². The molecule has 5 nitrogen and oxygen atoms in total. The Morgan fingerprint density at radius 1 is 0.367 bits per heavy atom. The molecule has 12 rings (SSSR count). The molecule has 5 heteroatoms. The molecule has 0 N–H and O–H groups in total. The zero-order valence-electron chi connectivity index (χ0n) is 33.0. The number of fused-ring (bicyclic) bond motifs is 10. The standard InChI is InChI=1S/C55H36N4O/c1-55(2)44-22-11-9-20-39(44)43-31-38(25-28-45(43)55)54-58-52(34-16-7-4-8-17-34)57-53(59-54)37-19-13-18-35(30-37)36-24-26-40-46(32-36)56-51(33-14-5-3-6-15-33)42-27-29-48-50(49(40)42)41-21-10-12-23-47(41)60-48/h3-32H,1-2H3. The van der Waals surface area contributed by atoms with Crippen LogP contribution in [0.1, 0.15) is 25.0 Å². The second-order valence-corrected chi connectivity index (χ2v) is 16.2. The summed E-state index contributed by atoms with van der Waals surface area (Å²) in [5.41, 5.74) is 14.6. The monoisotopic (exact) mass is 768 g/mol. The van der Waals surface area contributed by atoms with Crippen LogP contribution in [0.3, 0.4) is 0 Å². The highest BCUT2D eigenvalue weighted by atomic mass is 16.3. The van der Waals surface area contributed by atoms with Crippen molar-refractivity contribution in [2.75, 3.05) is 0 Å². The molecule has 1 aliphatic carbocycles. The van der Waals surface area contributed by atoms with Crippen LogP contribution in [-0.4, -0.2) is 19.9 Å². The van der Waals surface area contributed by atoms with Gasteiger partial charge >= 0.3 is 0 Å². The maximum atomic E-state index is 6.38. The van der Waals surface area contributed by atoms with E-state index in [1.807, 2.05) is 36.4 Å². The minimum atomic E-state index is -0.0846. The zero-order chi connectivity index (χ0) is 40.0. The predicted octanol–water partition coefficient (Wildman–Crippen LogP) is 14.1. The van der Waals surface area contributed by atoms with E-state index in [0.29, 0.717) is 17.5 Å². The van der Waals surface area contributed by atoms with Crippen LogP contribution in [0.5, 0.6) is 0 Å². The molecule has 0 saturated carbocycles. The molecule has 60 heavy (non-hydrogen) atoms. The van der Waals surface area contributed by atoms with E-state index < -0.39 is 0 Å². The molecular formula is C55H36N4O. The lowest BCUT2D eigenvalue weighted by Crippen LogP contribution is -2.14. The lowest BCUT2D eigenvalue weighted by molar-refractivity contribution is 0.660. The Hall–Kier alpha value is -7.76. The summed E-state index contributed by atoms with van der Waals surface area (Å²) in [7, 11) is 0. The molecule has 0 spiro atoms. The lowest BCUT2D eigenvalue weighted by Gasteiger charge is -2.21. The quantitative estimate of drug-likeness (QED) is 0.163. The summed E-state index contributed by atoms with van der Waals surface area (Å²) < 4.78 is 6.38. The first-order chi connectivity index (χ1) is 29.5. The van der Waals surface area contributed by atoms with Crippen molar-refractivity contribution in [1.82, 2.24) is 19.9 Å². The largest absolute Gasteiger partial charge is 0.456 e. The molecule has 3 aromatic heterocycles. The van der Waals surface area contributed by atoms with Gasteiger partial charge in [0.05, 0.1) is 11.2 Å². The first kappa shape index (κ1) is 34.3. The molecule has 8 aromatic carbocycles. The first-order valence-corrected chi connectivity index (χ1v) is 20.4. The van der Waals surface area contributed by atoms with Gasteiger partial charge in [0.25, 0.3) is 0 Å². The van der Waals surface area contributed by atoms with Crippen LogP contribution in [0.2, 0.25) is 0 Å². The number of hydrogen-bond acceptors (Lipinski definition) is 5. The summed E-state index contributed by atoms with van der Waals surface area (Å²) in [6.07, 6.45) is 0. The normalized spacial score (nSPS) is 13.0. The van der Waals surface area contributed by atoms with Gasteiger partial charge in [0, 0.05) is 54.6 Å². The van der Waals surface area contributed by atoms with E-state index in [1.54, 1.807) is 0 Å². The molecule has 3 heterocycles. The van der Waals surface area contributed by atoms with Crippen LogP contribution >= 0.6 is 0 Å². The summed E-state index contributed by atoms with van der Waals surface area (Å²) in [5.74, 6) is 1.89. The summed E-state index contributed by atoms with van der Waals surface area (Å²) in [6, 6.07) is 63.6. The second kappa shape index (κ2) is 13.1. The molecule has 0 fully saturated rings. The van der Waals surface area contributed by atoms with Crippen LogP contribution < -0.4 is 0 Å². The molecule has 282 valence electrons. The lowest BCUT2D eigenvalue weighted by atomic mass is 9.82. The third kappa shape index (κ3) is 5.33. The smallest absolute Gasteiger partial charge is 0.164 e. The molecule has 0 aliphatic heterocycles. The van der Waals surface area contributed by atoms with Gasteiger partial charge < -0.3 is 4.42 Å². The summed E-state index contributed by atoms with van der Waals surface area (Å²) >= 11 is 0. The third-order valence-corrected chi connectivity index (χ3v) is 12.3. The van der Waals surface area contributed by atoms with Gasteiger partial charge in [-0.1, -0.05) is 159 Å². The number of benzene rings is 8. The zero-order valence-corrected chi connectivity index (χ0v) is 33.0. The Kier molecular flexibility index (Phi) is 7.51. The van der Waals surface area contributed by atoms with E-state index in [9.17, 15) is 0 Å². The SMILES string of the molecule is CC1(C)c2ccccc2-c2cc(-c3nc(-c4ccccc4)nc(-c4cccc(-c5ccc6c(c5)nc(-c5ccccc5)c5ccc7oc8ccccc8c7c56)c4)n3)ccc21. The average molecular weight is 769 g/mol. The molecule has 0 atom stereocenters. The highest BCUT2D eigenvalue weighted by Gasteiger charge is 2.35. The van der Waals surface area contributed by atoms with Crippen molar-refractivity contribution in [1.29, 1.82) is 0 Å². The van der Waals surface area contributed by atoms with Crippen molar-refractivity contribution in [3.8, 4) is 67.7 Å². The number of aromatic nitrogens is 4. The molecule has 0 bridgehead atoms. The Morgan fingerprint density at radius 2 is 0.967 bits per heavy atom. The van der Waals surface area contributed by atoms with Crippen LogP contribution in [0.4, 0.5) is 0 Å². The highest BCUT2D eigenvalue weighted by Crippen LogP contribution is 2.49. The molecule has 0 radical (unpaired) electrons. The second-order valence-electron chi connectivity index (χ2n) is 16.2.